The van der Waals surface area contributed by atoms with Gasteiger partial charge in [-0.2, -0.15) is 0 Å². The van der Waals surface area contributed by atoms with Gasteiger partial charge in [-0.25, -0.2) is 0 Å². The fraction of sp³-hybridized carbons (Fsp3) is 0. The largest absolute Gasteiger partial charge is 0 e. The summed E-state index contributed by atoms with van der Waals surface area (Å²) in [5.74, 6) is 0.322. The summed E-state index contributed by atoms with van der Waals surface area (Å²) in [6.45, 7) is 0. The quantitative estimate of drug-likeness (QED) is 0.691. The molecule has 0 bridgehead atoms. The maximum absolute atomic E-state index is 8.63. The maximum atomic E-state index is 8.63. The Labute approximate surface area is 108 Å². The Morgan fingerprint density at radius 1 is 1.00 bits per heavy atom. The van der Waals surface area contributed by atoms with Gasteiger partial charge in [0.1, 0.15) is 5.75 Å². The van der Waals surface area contributed by atoms with Gasteiger partial charge in [-0.15, -0.1) is 0 Å². The second kappa shape index (κ2) is 7.32. The molecule has 1 rings (SSSR count). The van der Waals surface area contributed by atoms with Crippen molar-refractivity contribution in [2.24, 2.45) is 0 Å². The Morgan fingerprint density at radius 2 is 1.44 bits per heavy atom. The predicted octanol–water partition coefficient (Wildman–Crippen LogP) is 0.473. The first-order valence-corrected chi connectivity index (χ1v) is 2.13. The van der Waals surface area contributed by atoms with Crippen molar-refractivity contribution in [2.45, 2.75) is 0 Å². The molecule has 0 aliphatic rings. The molecule has 0 aliphatic heterocycles. The topological polar surface area (TPSA) is 20.2 Å². The molecule has 1 aromatic carbocycles. The van der Waals surface area contributed by atoms with Crippen LogP contribution in [0.3, 0.4) is 0 Å². The van der Waals surface area contributed by atoms with Gasteiger partial charge in [0, 0.05) is 19.5 Å². The van der Waals surface area contributed by atoms with Crippen molar-refractivity contribution < 1.29 is 24.6 Å². The van der Waals surface area contributed by atoms with Crippen molar-refractivity contribution in [1.82, 2.24) is 0 Å². The van der Waals surface area contributed by atoms with Crippen LogP contribution in [-0.2, 0) is 19.5 Å². The van der Waals surface area contributed by atoms with E-state index in [9.17, 15) is 0 Å². The summed E-state index contributed by atoms with van der Waals surface area (Å²) < 4.78 is 0. The van der Waals surface area contributed by atoms with Crippen LogP contribution in [0.15, 0.2) is 30.3 Å². The van der Waals surface area contributed by atoms with E-state index in [1.165, 1.54) is 0 Å². The number of rotatable bonds is 0. The molecule has 0 heterocycles. The molecule has 0 atom stereocenters. The smallest absolute Gasteiger partial charge is 0 e. The van der Waals surface area contributed by atoms with Gasteiger partial charge in [-0.3, -0.25) is 0 Å². The van der Waals surface area contributed by atoms with Gasteiger partial charge in [0.15, 0.2) is 0 Å². The summed E-state index contributed by atoms with van der Waals surface area (Å²) in [6.07, 6.45) is 0. The normalized spacial score (nSPS) is 6.67. The van der Waals surface area contributed by atoms with E-state index in [1.54, 1.807) is 24.3 Å². The van der Waals surface area contributed by atoms with E-state index in [0.29, 0.717) is 5.75 Å². The summed E-state index contributed by atoms with van der Waals surface area (Å²) >= 11 is 0. The maximum Gasteiger partial charge on any atom is 0 e. The molecule has 1 nitrogen and oxygen atoms in total. The van der Waals surface area contributed by atoms with Crippen molar-refractivity contribution in [1.29, 1.82) is 0 Å². The summed E-state index contributed by atoms with van der Waals surface area (Å²) in [4.78, 5) is 0. The fourth-order valence-corrected chi connectivity index (χ4v) is 0.428. The third-order valence-electron chi connectivity index (χ3n) is 0.756. The molecule has 0 amide bonds. The minimum absolute atomic E-state index is 0. The Morgan fingerprint density at radius 3 is 1.67 bits per heavy atom. The molecule has 0 aliphatic carbocycles. The molecule has 0 unspecified atom stereocenters. The fourth-order valence-electron chi connectivity index (χ4n) is 0.428. The third-order valence-corrected chi connectivity index (χ3v) is 0.756. The van der Waals surface area contributed by atoms with E-state index < -0.39 is 0 Å². The third kappa shape index (κ3) is 5.65. The Hall–Kier alpha value is 1.21. The Bertz CT molecular complexity index is 143. The van der Waals surface area contributed by atoms with E-state index in [2.05, 4.69) is 0 Å². The zero-order valence-corrected chi connectivity index (χ0v) is 7.51. The van der Waals surface area contributed by atoms with Gasteiger partial charge in [0.2, 0.25) is 0 Å². The van der Waals surface area contributed by atoms with Gasteiger partial charge in [-0.05, 0) is 12.1 Å². The molecule has 0 spiro atoms. The second-order valence-corrected chi connectivity index (χ2v) is 1.34. The van der Waals surface area contributed by atoms with E-state index in [-0.39, 0.29) is 68.4 Å². The average Bonchev–Trinajstić information content (AvgIpc) is 1.69. The number of aromatic hydroxyl groups is 1. The summed E-state index contributed by atoms with van der Waals surface area (Å²) in [5, 5.41) is 8.63. The van der Waals surface area contributed by atoms with Crippen LogP contribution in [0.1, 0.15) is 0 Å². The molecule has 0 saturated heterocycles. The standard InChI is InChI=1S/C6H6O.Ba.Zn.2H/c7-6-4-2-1-3-5-6;;;;/h1-5,7H;;;;. The van der Waals surface area contributed by atoms with Crippen molar-refractivity contribution in [3.8, 4) is 5.75 Å². The number of para-hydroxylation sites is 1. The van der Waals surface area contributed by atoms with Crippen molar-refractivity contribution in [2.75, 3.05) is 0 Å². The predicted molar refractivity (Wildman–Crippen MR) is 36.7 cm³/mol. The molecular weight excluding hydrogens is 291 g/mol. The van der Waals surface area contributed by atoms with Crippen LogP contribution in [0.5, 0.6) is 5.75 Å². The van der Waals surface area contributed by atoms with E-state index in [4.69, 9.17) is 5.11 Å². The number of phenolic OH excluding ortho intramolecular Hbond substituents is 1. The molecular formula is C6H8BaOZn. The van der Waals surface area contributed by atoms with Crippen molar-refractivity contribution >= 4 is 48.9 Å². The van der Waals surface area contributed by atoms with Crippen LogP contribution in [0, 0.1) is 0 Å². The zero-order valence-electron chi connectivity index (χ0n) is 4.54. The van der Waals surface area contributed by atoms with Crippen LogP contribution in [0.2, 0.25) is 0 Å². The summed E-state index contributed by atoms with van der Waals surface area (Å²) in [7, 11) is 0. The SMILES string of the molecule is Oc1ccccc1.[BaH2].[Zn]. The average molecular weight is 299 g/mol. The second-order valence-electron chi connectivity index (χ2n) is 1.34. The van der Waals surface area contributed by atoms with Crippen LogP contribution < -0.4 is 0 Å². The molecule has 42 valence electrons. The van der Waals surface area contributed by atoms with Crippen LogP contribution in [-0.4, -0.2) is 54.0 Å². The van der Waals surface area contributed by atoms with E-state index in [1.807, 2.05) is 6.07 Å². The van der Waals surface area contributed by atoms with Gasteiger partial charge >= 0.3 is 48.9 Å². The van der Waals surface area contributed by atoms with Crippen LogP contribution >= 0.6 is 0 Å². The molecule has 1 N–H and O–H groups in total. The van der Waals surface area contributed by atoms with Gasteiger partial charge < -0.3 is 5.11 Å². The number of benzene rings is 1. The minimum atomic E-state index is 0. The van der Waals surface area contributed by atoms with Crippen molar-refractivity contribution in [3.63, 3.8) is 0 Å². The first-order valence-electron chi connectivity index (χ1n) is 2.13. The molecule has 1 aromatic rings. The molecule has 9 heavy (non-hydrogen) atoms. The molecule has 0 saturated carbocycles. The number of hydrogen-bond acceptors (Lipinski definition) is 1. The number of hydrogen-bond donors (Lipinski definition) is 1. The monoisotopic (exact) mass is 298 g/mol. The van der Waals surface area contributed by atoms with Crippen LogP contribution in [0.4, 0.5) is 0 Å². The van der Waals surface area contributed by atoms with Gasteiger partial charge in [0.25, 0.3) is 0 Å². The first-order chi connectivity index (χ1) is 3.39. The zero-order chi connectivity index (χ0) is 5.11. The van der Waals surface area contributed by atoms with Gasteiger partial charge in [0.05, 0.1) is 0 Å². The molecule has 0 fully saturated rings. The van der Waals surface area contributed by atoms with E-state index >= 15 is 0 Å². The summed E-state index contributed by atoms with van der Waals surface area (Å²) in [6, 6.07) is 8.71. The van der Waals surface area contributed by atoms with Crippen LogP contribution in [0.25, 0.3) is 0 Å². The molecule has 0 aromatic heterocycles. The van der Waals surface area contributed by atoms with Gasteiger partial charge in [-0.1, -0.05) is 18.2 Å². The minimum Gasteiger partial charge on any atom is 0 e. The number of phenols is 1. The molecule has 0 radical (unpaired) electrons. The van der Waals surface area contributed by atoms with Crippen molar-refractivity contribution in [3.05, 3.63) is 30.3 Å². The Kier molecular flexibility index (Phi) is 10.5. The first kappa shape index (κ1) is 12.9. The van der Waals surface area contributed by atoms with E-state index in [0.717, 1.165) is 0 Å². The summed E-state index contributed by atoms with van der Waals surface area (Å²) in [5.41, 5.74) is 0. The Balaban J connectivity index is 0. The molecule has 3 heteroatoms.